The van der Waals surface area contributed by atoms with Gasteiger partial charge >= 0.3 is 0 Å². The highest BCUT2D eigenvalue weighted by molar-refractivity contribution is 6.32. The van der Waals surface area contributed by atoms with Crippen molar-refractivity contribution in [3.63, 3.8) is 0 Å². The standard InChI is InChI=1S/C16H14ClN/c17-10-16-14-9-5-4-8-13(14)15(11-18-16)12-6-2-1-3-7-12/h1-9,15H,10-11H2/t15-/m1/s1. The van der Waals surface area contributed by atoms with E-state index in [1.54, 1.807) is 0 Å². The molecule has 0 saturated carbocycles. The van der Waals surface area contributed by atoms with Crippen molar-refractivity contribution in [3.8, 4) is 0 Å². The molecule has 0 aromatic heterocycles. The molecular weight excluding hydrogens is 242 g/mol. The molecule has 2 aromatic rings. The Morgan fingerprint density at radius 3 is 2.50 bits per heavy atom. The molecule has 0 spiro atoms. The van der Waals surface area contributed by atoms with E-state index < -0.39 is 0 Å². The number of fused-ring (bicyclic) bond motifs is 1. The molecule has 0 saturated heterocycles. The fraction of sp³-hybridized carbons (Fsp3) is 0.188. The minimum absolute atomic E-state index is 0.356. The van der Waals surface area contributed by atoms with E-state index in [4.69, 9.17) is 11.6 Å². The van der Waals surface area contributed by atoms with Gasteiger partial charge in [0.15, 0.2) is 0 Å². The van der Waals surface area contributed by atoms with Crippen molar-refractivity contribution in [2.24, 2.45) is 4.99 Å². The first-order chi connectivity index (χ1) is 8.90. The Morgan fingerprint density at radius 2 is 1.72 bits per heavy atom. The quantitative estimate of drug-likeness (QED) is 0.723. The van der Waals surface area contributed by atoms with Crippen LogP contribution >= 0.6 is 11.6 Å². The Kier molecular flexibility index (Phi) is 3.16. The summed E-state index contributed by atoms with van der Waals surface area (Å²) in [7, 11) is 0. The normalized spacial score (nSPS) is 18.1. The van der Waals surface area contributed by atoms with Crippen LogP contribution in [-0.4, -0.2) is 18.1 Å². The second kappa shape index (κ2) is 4.95. The third-order valence-corrected chi connectivity index (χ3v) is 3.69. The number of alkyl halides is 1. The molecule has 1 aliphatic rings. The van der Waals surface area contributed by atoms with Crippen LogP contribution in [0.3, 0.4) is 0 Å². The monoisotopic (exact) mass is 255 g/mol. The average Bonchev–Trinajstić information content (AvgIpc) is 2.47. The van der Waals surface area contributed by atoms with Crippen molar-refractivity contribution in [1.82, 2.24) is 0 Å². The van der Waals surface area contributed by atoms with Crippen LogP contribution in [0.25, 0.3) is 0 Å². The topological polar surface area (TPSA) is 12.4 Å². The van der Waals surface area contributed by atoms with Gasteiger partial charge in [0.05, 0.1) is 18.1 Å². The number of hydrogen-bond donors (Lipinski definition) is 0. The third kappa shape index (κ3) is 1.95. The summed E-state index contributed by atoms with van der Waals surface area (Å²) in [5.41, 5.74) is 4.88. The molecular formula is C16H14ClN. The zero-order valence-electron chi connectivity index (χ0n) is 10.0. The highest BCUT2D eigenvalue weighted by Crippen LogP contribution is 2.31. The van der Waals surface area contributed by atoms with Crippen molar-refractivity contribution < 1.29 is 0 Å². The van der Waals surface area contributed by atoms with Gasteiger partial charge in [-0.1, -0.05) is 54.6 Å². The first kappa shape index (κ1) is 11.5. The fourth-order valence-corrected chi connectivity index (χ4v) is 2.76. The number of nitrogens with zero attached hydrogens (tertiary/aromatic N) is 1. The van der Waals surface area contributed by atoms with Crippen LogP contribution in [0.1, 0.15) is 22.6 Å². The van der Waals surface area contributed by atoms with E-state index in [1.165, 1.54) is 16.7 Å². The lowest BCUT2D eigenvalue weighted by Gasteiger charge is -2.24. The van der Waals surface area contributed by atoms with E-state index in [0.717, 1.165) is 12.3 Å². The van der Waals surface area contributed by atoms with Gasteiger partial charge in [-0.3, -0.25) is 4.99 Å². The van der Waals surface area contributed by atoms with Crippen molar-refractivity contribution in [3.05, 3.63) is 71.3 Å². The number of aliphatic imine (C=N–C) groups is 1. The van der Waals surface area contributed by atoms with Gasteiger partial charge in [-0.05, 0) is 11.1 Å². The van der Waals surface area contributed by atoms with Crippen LogP contribution in [0, 0.1) is 0 Å². The first-order valence-electron chi connectivity index (χ1n) is 6.13. The van der Waals surface area contributed by atoms with Gasteiger partial charge in [-0.2, -0.15) is 0 Å². The zero-order valence-corrected chi connectivity index (χ0v) is 10.8. The lowest BCUT2D eigenvalue weighted by atomic mass is 9.85. The van der Waals surface area contributed by atoms with Gasteiger partial charge in [0.1, 0.15) is 0 Å². The van der Waals surface area contributed by atoms with Crippen LogP contribution in [0.2, 0.25) is 0 Å². The maximum Gasteiger partial charge on any atom is 0.0649 e. The van der Waals surface area contributed by atoms with E-state index >= 15 is 0 Å². The minimum atomic E-state index is 0.356. The smallest absolute Gasteiger partial charge is 0.0649 e. The van der Waals surface area contributed by atoms with Gasteiger partial charge in [-0.15, -0.1) is 11.6 Å². The second-order valence-electron chi connectivity index (χ2n) is 4.47. The third-order valence-electron chi connectivity index (χ3n) is 3.44. The van der Waals surface area contributed by atoms with Crippen molar-refractivity contribution in [2.45, 2.75) is 5.92 Å². The Bertz CT molecular complexity index is 575. The summed E-state index contributed by atoms with van der Waals surface area (Å²) in [6.45, 7) is 0.795. The van der Waals surface area contributed by atoms with Gasteiger partial charge in [0.25, 0.3) is 0 Å². The molecule has 0 aliphatic carbocycles. The van der Waals surface area contributed by atoms with Crippen LogP contribution in [0.15, 0.2) is 59.6 Å². The average molecular weight is 256 g/mol. The largest absolute Gasteiger partial charge is 0.287 e. The number of rotatable bonds is 2. The van der Waals surface area contributed by atoms with Crippen LogP contribution < -0.4 is 0 Å². The molecule has 2 heteroatoms. The fourth-order valence-electron chi connectivity index (χ4n) is 2.53. The lowest BCUT2D eigenvalue weighted by Crippen LogP contribution is -2.19. The molecule has 1 heterocycles. The molecule has 1 nitrogen and oxygen atoms in total. The zero-order chi connectivity index (χ0) is 12.4. The van der Waals surface area contributed by atoms with E-state index in [9.17, 15) is 0 Å². The molecule has 0 amide bonds. The maximum absolute atomic E-state index is 5.97. The molecule has 3 rings (SSSR count). The Labute approximate surface area is 112 Å². The summed E-state index contributed by atoms with van der Waals surface area (Å²) < 4.78 is 0. The Balaban J connectivity index is 2.09. The van der Waals surface area contributed by atoms with E-state index in [-0.39, 0.29) is 0 Å². The Morgan fingerprint density at radius 1 is 1.00 bits per heavy atom. The summed E-state index contributed by atoms with van der Waals surface area (Å²) in [6, 6.07) is 19.0. The summed E-state index contributed by atoms with van der Waals surface area (Å²) >= 11 is 5.97. The van der Waals surface area contributed by atoms with Gasteiger partial charge in [-0.25, -0.2) is 0 Å². The molecule has 0 N–H and O–H groups in total. The van der Waals surface area contributed by atoms with Crippen LogP contribution in [-0.2, 0) is 0 Å². The second-order valence-corrected chi connectivity index (χ2v) is 4.74. The van der Waals surface area contributed by atoms with Crippen molar-refractivity contribution in [1.29, 1.82) is 0 Å². The molecule has 1 atom stereocenters. The van der Waals surface area contributed by atoms with Gasteiger partial charge < -0.3 is 0 Å². The highest BCUT2D eigenvalue weighted by atomic mass is 35.5. The summed E-state index contributed by atoms with van der Waals surface area (Å²) in [5, 5.41) is 0. The molecule has 0 unspecified atom stereocenters. The number of benzene rings is 2. The minimum Gasteiger partial charge on any atom is -0.287 e. The lowest BCUT2D eigenvalue weighted by molar-refractivity contribution is 0.803. The highest BCUT2D eigenvalue weighted by Gasteiger charge is 2.22. The Hall–Kier alpha value is -1.60. The molecule has 18 heavy (non-hydrogen) atoms. The maximum atomic E-state index is 5.97. The molecule has 0 radical (unpaired) electrons. The van der Waals surface area contributed by atoms with Gasteiger partial charge in [0, 0.05) is 11.5 Å². The predicted molar refractivity (Wildman–Crippen MR) is 76.9 cm³/mol. The molecule has 0 bridgehead atoms. The molecule has 1 aliphatic heterocycles. The van der Waals surface area contributed by atoms with E-state index in [2.05, 4.69) is 47.5 Å². The van der Waals surface area contributed by atoms with Gasteiger partial charge in [0.2, 0.25) is 0 Å². The summed E-state index contributed by atoms with van der Waals surface area (Å²) in [6.07, 6.45) is 0. The molecule has 90 valence electrons. The number of halogens is 1. The van der Waals surface area contributed by atoms with Crippen LogP contribution in [0.4, 0.5) is 0 Å². The predicted octanol–water partition coefficient (Wildman–Crippen LogP) is 3.86. The first-order valence-corrected chi connectivity index (χ1v) is 6.67. The van der Waals surface area contributed by atoms with E-state index in [0.29, 0.717) is 11.8 Å². The SMILES string of the molecule is ClCC1=NC[C@H](c2ccccc2)c2ccccc21. The van der Waals surface area contributed by atoms with Crippen LogP contribution in [0.5, 0.6) is 0 Å². The van der Waals surface area contributed by atoms with Crippen molar-refractivity contribution in [2.75, 3.05) is 12.4 Å². The van der Waals surface area contributed by atoms with Crippen molar-refractivity contribution >= 4 is 17.3 Å². The molecule has 2 aromatic carbocycles. The summed E-state index contributed by atoms with van der Waals surface area (Å²) in [5.74, 6) is 0.841. The number of hydrogen-bond acceptors (Lipinski definition) is 1. The summed E-state index contributed by atoms with van der Waals surface area (Å²) in [4.78, 5) is 4.63. The molecule has 0 fully saturated rings. The van der Waals surface area contributed by atoms with E-state index in [1.807, 2.05) is 12.1 Å².